The van der Waals surface area contributed by atoms with Gasteiger partial charge in [0.25, 0.3) is 0 Å². The molecule has 0 radical (unpaired) electrons. The van der Waals surface area contributed by atoms with Gasteiger partial charge in [-0.25, -0.2) is 0 Å². The number of halogens is 1. The molecule has 1 aromatic heterocycles. The number of benzene rings is 2. The second-order valence-corrected chi connectivity index (χ2v) is 8.56. The number of nitrogens with one attached hydrogen (secondary N) is 2. The summed E-state index contributed by atoms with van der Waals surface area (Å²) in [6.07, 6.45) is 1.46. The molecule has 1 unspecified atom stereocenters. The molecule has 3 aromatic rings. The number of hydrogen-bond acceptors (Lipinski definition) is 7. The largest absolute Gasteiger partial charge is 0.497 e. The highest BCUT2D eigenvalue weighted by Crippen LogP contribution is 2.25. The average molecular weight is 483 g/mol. The van der Waals surface area contributed by atoms with Crippen molar-refractivity contribution in [2.75, 3.05) is 12.4 Å². The minimum atomic E-state index is -0.586. The molecule has 1 saturated heterocycles. The number of furan rings is 1. The van der Waals surface area contributed by atoms with Crippen LogP contribution in [-0.2, 0) is 9.59 Å². The van der Waals surface area contributed by atoms with Crippen molar-refractivity contribution < 1.29 is 18.7 Å². The lowest BCUT2D eigenvalue weighted by Crippen LogP contribution is -2.28. The van der Waals surface area contributed by atoms with Crippen molar-refractivity contribution in [3.05, 3.63) is 71.4 Å². The lowest BCUT2D eigenvalue weighted by molar-refractivity contribution is -0.122. The van der Waals surface area contributed by atoms with E-state index >= 15 is 0 Å². The second kappa shape index (κ2) is 10.4. The van der Waals surface area contributed by atoms with Gasteiger partial charge in [0.1, 0.15) is 22.5 Å². The summed E-state index contributed by atoms with van der Waals surface area (Å²) in [5.74, 6) is 1.31. The Hall–Kier alpha value is -3.56. The Morgan fingerprint density at radius 2 is 1.94 bits per heavy atom. The fourth-order valence-electron chi connectivity index (χ4n) is 2.97. The van der Waals surface area contributed by atoms with Crippen LogP contribution in [0.3, 0.4) is 0 Å². The van der Waals surface area contributed by atoms with Crippen LogP contribution in [0.4, 0.5) is 5.69 Å². The molecular weight excluding hydrogens is 464 g/mol. The SMILES string of the molecule is COc1ccc(NC(=O)CC2S/C(=N\N=C\c3ccc(-c4ccc(Cl)cc4)o3)NC2=O)cc1. The number of amides is 2. The highest BCUT2D eigenvalue weighted by atomic mass is 35.5. The van der Waals surface area contributed by atoms with E-state index in [1.54, 1.807) is 49.6 Å². The highest BCUT2D eigenvalue weighted by Gasteiger charge is 2.32. The van der Waals surface area contributed by atoms with Crippen LogP contribution in [0.5, 0.6) is 5.75 Å². The molecule has 4 rings (SSSR count). The zero-order chi connectivity index (χ0) is 23.2. The molecule has 168 valence electrons. The fourth-order valence-corrected chi connectivity index (χ4v) is 4.02. The van der Waals surface area contributed by atoms with Gasteiger partial charge in [0.05, 0.1) is 13.3 Å². The molecule has 2 aromatic carbocycles. The van der Waals surface area contributed by atoms with Crippen LogP contribution in [0, 0.1) is 0 Å². The predicted molar refractivity (Wildman–Crippen MR) is 130 cm³/mol. The molecule has 10 heteroatoms. The number of thioether (sulfide) groups is 1. The zero-order valence-electron chi connectivity index (χ0n) is 17.4. The van der Waals surface area contributed by atoms with Crippen LogP contribution in [-0.4, -0.2) is 35.6 Å². The van der Waals surface area contributed by atoms with E-state index in [2.05, 4.69) is 20.8 Å². The van der Waals surface area contributed by atoms with E-state index in [0.29, 0.717) is 33.1 Å². The molecule has 0 aliphatic carbocycles. The third-order valence-electron chi connectivity index (χ3n) is 4.61. The molecule has 33 heavy (non-hydrogen) atoms. The van der Waals surface area contributed by atoms with E-state index in [4.69, 9.17) is 20.8 Å². The van der Waals surface area contributed by atoms with Gasteiger partial charge in [0, 0.05) is 22.7 Å². The van der Waals surface area contributed by atoms with E-state index in [-0.39, 0.29) is 18.2 Å². The second-order valence-electron chi connectivity index (χ2n) is 6.94. The quantitative estimate of drug-likeness (QED) is 0.379. The Labute approximate surface area is 199 Å². The van der Waals surface area contributed by atoms with Crippen molar-refractivity contribution in [1.82, 2.24) is 5.32 Å². The number of carbonyl (C=O) groups is 2. The maximum atomic E-state index is 12.3. The number of carbonyl (C=O) groups excluding carboxylic acids is 2. The molecule has 1 fully saturated rings. The number of methoxy groups -OCH3 is 1. The summed E-state index contributed by atoms with van der Waals surface area (Å²) in [6, 6.07) is 17.8. The molecule has 2 heterocycles. The van der Waals surface area contributed by atoms with Crippen LogP contribution in [0.15, 0.2) is 75.3 Å². The molecule has 1 atom stereocenters. The Morgan fingerprint density at radius 3 is 2.67 bits per heavy atom. The molecular formula is C23H19ClN4O4S. The topological polar surface area (TPSA) is 105 Å². The molecule has 0 saturated carbocycles. The van der Waals surface area contributed by atoms with E-state index in [9.17, 15) is 9.59 Å². The summed E-state index contributed by atoms with van der Waals surface area (Å²) in [7, 11) is 1.57. The van der Waals surface area contributed by atoms with Crippen LogP contribution < -0.4 is 15.4 Å². The van der Waals surface area contributed by atoms with E-state index in [0.717, 1.165) is 17.3 Å². The van der Waals surface area contributed by atoms with Gasteiger partial charge < -0.3 is 19.8 Å². The summed E-state index contributed by atoms with van der Waals surface area (Å²) in [5, 5.41) is 13.8. The lowest BCUT2D eigenvalue weighted by Gasteiger charge is -2.08. The Bertz CT molecular complexity index is 1210. The Kier molecular flexibility index (Phi) is 7.11. The number of nitrogens with zero attached hydrogens (tertiary/aromatic N) is 2. The van der Waals surface area contributed by atoms with Crippen LogP contribution in [0.1, 0.15) is 12.2 Å². The maximum absolute atomic E-state index is 12.3. The van der Waals surface area contributed by atoms with Gasteiger partial charge in [0.2, 0.25) is 11.8 Å². The fraction of sp³-hybridized carbons (Fsp3) is 0.130. The Balaban J connectivity index is 1.31. The molecule has 0 bridgehead atoms. The van der Waals surface area contributed by atoms with E-state index in [1.807, 2.05) is 18.2 Å². The number of ether oxygens (including phenoxy) is 1. The number of hydrogen-bond donors (Lipinski definition) is 2. The molecule has 1 aliphatic rings. The number of anilines is 1. The van der Waals surface area contributed by atoms with Gasteiger partial charge in [-0.2, -0.15) is 5.10 Å². The van der Waals surface area contributed by atoms with Crippen molar-refractivity contribution in [3.63, 3.8) is 0 Å². The molecule has 1 aliphatic heterocycles. The van der Waals surface area contributed by atoms with Crippen LogP contribution in [0.25, 0.3) is 11.3 Å². The summed E-state index contributed by atoms with van der Waals surface area (Å²) in [4.78, 5) is 24.5. The van der Waals surface area contributed by atoms with Gasteiger partial charge in [-0.3, -0.25) is 9.59 Å². The normalized spacial score (nSPS) is 16.8. The third kappa shape index (κ3) is 6.03. The van der Waals surface area contributed by atoms with Crippen molar-refractivity contribution in [2.45, 2.75) is 11.7 Å². The van der Waals surface area contributed by atoms with Crippen molar-refractivity contribution >= 4 is 52.2 Å². The predicted octanol–water partition coefficient (Wildman–Crippen LogP) is 4.56. The summed E-state index contributed by atoms with van der Waals surface area (Å²) < 4.78 is 10.8. The van der Waals surface area contributed by atoms with Gasteiger partial charge in [-0.15, -0.1) is 5.10 Å². The van der Waals surface area contributed by atoms with E-state index in [1.165, 1.54) is 6.21 Å². The van der Waals surface area contributed by atoms with Crippen molar-refractivity contribution in [2.24, 2.45) is 10.2 Å². The number of rotatable bonds is 7. The minimum absolute atomic E-state index is 0.00784. The van der Waals surface area contributed by atoms with Crippen LogP contribution in [0.2, 0.25) is 5.02 Å². The van der Waals surface area contributed by atoms with Crippen molar-refractivity contribution in [1.29, 1.82) is 0 Å². The third-order valence-corrected chi connectivity index (χ3v) is 5.93. The first kappa shape index (κ1) is 22.6. The maximum Gasteiger partial charge on any atom is 0.240 e. The van der Waals surface area contributed by atoms with Crippen LogP contribution >= 0.6 is 23.4 Å². The summed E-state index contributed by atoms with van der Waals surface area (Å²) in [6.45, 7) is 0. The first-order valence-corrected chi connectivity index (χ1v) is 11.1. The van der Waals surface area contributed by atoms with E-state index < -0.39 is 5.25 Å². The van der Waals surface area contributed by atoms with Gasteiger partial charge in [-0.05, 0) is 60.7 Å². The highest BCUT2D eigenvalue weighted by molar-refractivity contribution is 8.15. The molecule has 2 amide bonds. The summed E-state index contributed by atoms with van der Waals surface area (Å²) in [5.41, 5.74) is 1.51. The monoisotopic (exact) mass is 482 g/mol. The molecule has 2 N–H and O–H groups in total. The average Bonchev–Trinajstić information content (AvgIpc) is 3.41. The molecule has 8 nitrogen and oxygen atoms in total. The van der Waals surface area contributed by atoms with Gasteiger partial charge >= 0.3 is 0 Å². The first-order valence-electron chi connectivity index (χ1n) is 9.88. The lowest BCUT2D eigenvalue weighted by atomic mass is 10.2. The Morgan fingerprint density at radius 1 is 1.18 bits per heavy atom. The molecule has 0 spiro atoms. The van der Waals surface area contributed by atoms with Crippen molar-refractivity contribution in [3.8, 4) is 17.1 Å². The zero-order valence-corrected chi connectivity index (χ0v) is 19.0. The number of amidine groups is 1. The first-order chi connectivity index (χ1) is 16.0. The summed E-state index contributed by atoms with van der Waals surface area (Å²) >= 11 is 7.06. The standard InChI is InChI=1S/C23H19ClN4O4S/c1-31-17-8-6-16(7-9-17)26-21(29)12-20-22(30)27-23(33-20)28-25-13-18-10-11-19(32-18)14-2-4-15(24)5-3-14/h2-11,13,20H,12H2,1H3,(H,26,29)(H,27,28,30)/b25-13+. The smallest absolute Gasteiger partial charge is 0.240 e. The van der Waals surface area contributed by atoms with Gasteiger partial charge in [0.15, 0.2) is 5.17 Å². The minimum Gasteiger partial charge on any atom is -0.497 e. The van der Waals surface area contributed by atoms with Gasteiger partial charge in [-0.1, -0.05) is 23.4 Å².